The molecule has 1 aromatic carbocycles. The summed E-state index contributed by atoms with van der Waals surface area (Å²) in [6.45, 7) is 6.27. The summed E-state index contributed by atoms with van der Waals surface area (Å²) < 4.78 is 7.74. The highest BCUT2D eigenvalue weighted by molar-refractivity contribution is 6.15. The molecular weight excluding hydrogens is 408 g/mol. The van der Waals surface area contributed by atoms with Crippen molar-refractivity contribution in [3.05, 3.63) is 53.5 Å². The van der Waals surface area contributed by atoms with Crippen LogP contribution in [0.1, 0.15) is 22.3 Å². The molecule has 0 spiro atoms. The molecule has 4 heterocycles. The third-order valence-electron chi connectivity index (χ3n) is 6.21. The first kappa shape index (κ1) is 20.5. The topological polar surface area (TPSA) is 91.1 Å². The number of nitrogens with zero attached hydrogens (tertiary/aromatic N) is 4. The maximum atomic E-state index is 12.8. The van der Waals surface area contributed by atoms with Crippen LogP contribution in [0.15, 0.2) is 42.4 Å². The molecule has 0 atom stereocenters. The number of likely N-dealkylation sites (N-methyl/N-ethyl adjacent to an activating group) is 1. The van der Waals surface area contributed by atoms with E-state index in [0.717, 1.165) is 62.3 Å². The molecule has 0 radical (unpaired) electrons. The van der Waals surface area contributed by atoms with Gasteiger partial charge in [0.25, 0.3) is 0 Å². The van der Waals surface area contributed by atoms with E-state index >= 15 is 0 Å². The second kappa shape index (κ2) is 8.29. The van der Waals surface area contributed by atoms with Crippen molar-refractivity contribution in [2.24, 2.45) is 0 Å². The first-order chi connectivity index (χ1) is 15.5. The van der Waals surface area contributed by atoms with Gasteiger partial charge in [-0.3, -0.25) is 4.79 Å². The van der Waals surface area contributed by atoms with Crippen molar-refractivity contribution < 1.29 is 19.7 Å². The predicted octanol–water partition coefficient (Wildman–Crippen LogP) is 2.70. The lowest BCUT2D eigenvalue weighted by Gasteiger charge is -2.32. The van der Waals surface area contributed by atoms with Crippen molar-refractivity contribution >= 4 is 22.9 Å². The number of hydrogen-bond donors (Lipinski definition) is 2. The van der Waals surface area contributed by atoms with Gasteiger partial charge in [-0.1, -0.05) is 0 Å². The van der Waals surface area contributed by atoms with Crippen molar-refractivity contribution in [3.8, 4) is 17.2 Å². The van der Waals surface area contributed by atoms with Gasteiger partial charge < -0.3 is 29.3 Å². The number of phenolic OH excluding ortho intramolecular Hbond substituents is 2. The van der Waals surface area contributed by atoms with E-state index in [4.69, 9.17) is 4.74 Å². The molecule has 2 aromatic heterocycles. The number of Topliss-reactive ketones (excluding diaryl/α,β-unsaturated/α-hetero) is 1. The van der Waals surface area contributed by atoms with Crippen LogP contribution in [0.25, 0.3) is 17.1 Å². The summed E-state index contributed by atoms with van der Waals surface area (Å²) in [5, 5.41) is 20.7. The summed E-state index contributed by atoms with van der Waals surface area (Å²) in [5.74, 6) is -0.960. The number of aromatic hydroxyl groups is 2. The van der Waals surface area contributed by atoms with E-state index in [2.05, 4.69) is 26.4 Å². The summed E-state index contributed by atoms with van der Waals surface area (Å²) >= 11 is 0. The summed E-state index contributed by atoms with van der Waals surface area (Å²) in [5.41, 5.74) is 1.93. The fraction of sp³-hybridized carbons (Fsp3) is 0.333. The van der Waals surface area contributed by atoms with Gasteiger partial charge >= 0.3 is 0 Å². The largest absolute Gasteiger partial charge is 0.504 e. The van der Waals surface area contributed by atoms with Gasteiger partial charge in [0.05, 0.1) is 5.56 Å². The molecule has 3 aromatic rings. The van der Waals surface area contributed by atoms with Gasteiger partial charge in [-0.2, -0.15) is 0 Å². The monoisotopic (exact) mass is 434 g/mol. The van der Waals surface area contributed by atoms with Crippen LogP contribution in [-0.4, -0.2) is 75.1 Å². The highest BCUT2D eigenvalue weighted by Crippen LogP contribution is 2.44. The molecule has 5 rings (SSSR count). The fourth-order valence-electron chi connectivity index (χ4n) is 4.34. The standard InChI is InChI=1S/C24H26N4O4/c1-26-10-12-27(13-11-26)8-3-9-28-15-16(17-4-2-7-25-24(17)28)14-20-21(30)18-5-6-19(29)22(31)23(18)32-20/h2,4-7,14-15,29,31H,3,8-13H2,1H3. The van der Waals surface area contributed by atoms with Crippen LogP contribution in [0.5, 0.6) is 17.2 Å². The molecule has 0 aliphatic carbocycles. The number of ether oxygens (including phenoxy) is 1. The zero-order valence-electron chi connectivity index (χ0n) is 18.0. The molecule has 0 saturated carbocycles. The number of aryl methyl sites for hydroxylation is 1. The Kier molecular flexibility index (Phi) is 5.32. The van der Waals surface area contributed by atoms with Gasteiger partial charge in [-0.15, -0.1) is 0 Å². The van der Waals surface area contributed by atoms with Gasteiger partial charge in [0.15, 0.2) is 17.3 Å². The summed E-state index contributed by atoms with van der Waals surface area (Å²) in [7, 11) is 2.16. The van der Waals surface area contributed by atoms with Crippen LogP contribution in [0, 0.1) is 0 Å². The van der Waals surface area contributed by atoms with Crippen LogP contribution in [0.2, 0.25) is 0 Å². The number of carbonyl (C=O) groups excluding carboxylic acids is 1. The van der Waals surface area contributed by atoms with Gasteiger partial charge in [0, 0.05) is 56.1 Å². The van der Waals surface area contributed by atoms with Crippen LogP contribution in [0.3, 0.4) is 0 Å². The van der Waals surface area contributed by atoms with E-state index in [9.17, 15) is 15.0 Å². The smallest absolute Gasteiger partial charge is 0.232 e. The third kappa shape index (κ3) is 3.72. The van der Waals surface area contributed by atoms with Crippen molar-refractivity contribution in [3.63, 3.8) is 0 Å². The average molecular weight is 434 g/mol. The minimum absolute atomic E-state index is 0.00436. The summed E-state index contributed by atoms with van der Waals surface area (Å²) in [6.07, 6.45) is 6.45. The van der Waals surface area contributed by atoms with E-state index in [0.29, 0.717) is 0 Å². The Morgan fingerprint density at radius 3 is 2.75 bits per heavy atom. The van der Waals surface area contributed by atoms with Crippen LogP contribution in [-0.2, 0) is 6.54 Å². The van der Waals surface area contributed by atoms with Gasteiger partial charge in [-0.25, -0.2) is 4.98 Å². The molecule has 2 N–H and O–H groups in total. The van der Waals surface area contributed by atoms with Gasteiger partial charge in [0.2, 0.25) is 11.5 Å². The average Bonchev–Trinajstić information content (AvgIpc) is 3.31. The number of allylic oxidation sites excluding steroid dienone is 1. The number of piperazine rings is 1. The normalized spacial score (nSPS) is 18.4. The number of pyridine rings is 1. The number of aromatic nitrogens is 2. The van der Waals surface area contributed by atoms with Crippen molar-refractivity contribution in [2.45, 2.75) is 13.0 Å². The molecule has 0 bridgehead atoms. The van der Waals surface area contributed by atoms with Gasteiger partial charge in [-0.05, 0) is 50.4 Å². The van der Waals surface area contributed by atoms with Gasteiger partial charge in [0.1, 0.15) is 5.65 Å². The molecule has 2 aliphatic heterocycles. The lowest BCUT2D eigenvalue weighted by Crippen LogP contribution is -2.44. The van der Waals surface area contributed by atoms with E-state index in [1.165, 1.54) is 12.1 Å². The molecule has 32 heavy (non-hydrogen) atoms. The Morgan fingerprint density at radius 2 is 1.94 bits per heavy atom. The van der Waals surface area contributed by atoms with E-state index in [1.807, 2.05) is 18.3 Å². The molecular formula is C24H26N4O4. The molecule has 166 valence electrons. The zero-order valence-corrected chi connectivity index (χ0v) is 18.0. The Bertz CT molecular complexity index is 1210. The molecule has 2 aliphatic rings. The maximum Gasteiger partial charge on any atom is 0.232 e. The Balaban J connectivity index is 1.37. The minimum atomic E-state index is -0.424. The Labute approximate surface area is 186 Å². The van der Waals surface area contributed by atoms with Crippen LogP contribution in [0.4, 0.5) is 0 Å². The van der Waals surface area contributed by atoms with Crippen LogP contribution < -0.4 is 4.74 Å². The lowest BCUT2D eigenvalue weighted by molar-refractivity contribution is 0.101. The molecule has 1 saturated heterocycles. The molecule has 0 amide bonds. The SMILES string of the molecule is CN1CCN(CCCn2cc(C=C3Oc4c(ccc(O)c4O)C3=O)c3cccnc32)CC1. The number of rotatable bonds is 5. The number of carbonyl (C=O) groups is 1. The highest BCUT2D eigenvalue weighted by atomic mass is 16.5. The molecule has 8 heteroatoms. The predicted molar refractivity (Wildman–Crippen MR) is 121 cm³/mol. The Hall–Kier alpha value is -3.36. The van der Waals surface area contributed by atoms with E-state index in [-0.39, 0.29) is 28.6 Å². The lowest BCUT2D eigenvalue weighted by atomic mass is 10.1. The number of hydrogen-bond acceptors (Lipinski definition) is 7. The zero-order chi connectivity index (χ0) is 22.2. The number of benzene rings is 1. The minimum Gasteiger partial charge on any atom is -0.504 e. The second-order valence-electron chi connectivity index (χ2n) is 8.40. The first-order valence-corrected chi connectivity index (χ1v) is 10.8. The van der Waals surface area contributed by atoms with Crippen molar-refractivity contribution in [2.75, 3.05) is 39.8 Å². The quantitative estimate of drug-likeness (QED) is 0.471. The Morgan fingerprint density at radius 1 is 1.12 bits per heavy atom. The number of phenols is 2. The summed E-state index contributed by atoms with van der Waals surface area (Å²) in [4.78, 5) is 22.2. The van der Waals surface area contributed by atoms with Crippen molar-refractivity contribution in [1.82, 2.24) is 19.4 Å². The maximum absolute atomic E-state index is 12.8. The molecule has 1 fully saturated rings. The van der Waals surface area contributed by atoms with Crippen molar-refractivity contribution in [1.29, 1.82) is 0 Å². The molecule has 8 nitrogen and oxygen atoms in total. The van der Waals surface area contributed by atoms with E-state index < -0.39 is 5.75 Å². The highest BCUT2D eigenvalue weighted by Gasteiger charge is 2.31. The summed E-state index contributed by atoms with van der Waals surface area (Å²) in [6, 6.07) is 6.59. The van der Waals surface area contributed by atoms with Crippen LogP contribution >= 0.6 is 0 Å². The second-order valence-corrected chi connectivity index (χ2v) is 8.40. The fourth-order valence-corrected chi connectivity index (χ4v) is 4.34. The van der Waals surface area contributed by atoms with E-state index in [1.54, 1.807) is 12.3 Å². The number of fused-ring (bicyclic) bond motifs is 2. The first-order valence-electron chi connectivity index (χ1n) is 10.8. The molecule has 0 unspecified atom stereocenters. The third-order valence-corrected chi connectivity index (χ3v) is 6.21. The number of ketones is 1.